The lowest BCUT2D eigenvalue weighted by Crippen LogP contribution is -2.20. The van der Waals surface area contributed by atoms with Gasteiger partial charge in [-0.15, -0.1) is 11.3 Å². The Hall–Kier alpha value is -1.36. The van der Waals surface area contributed by atoms with Gasteiger partial charge in [0.05, 0.1) is 21.7 Å². The zero-order valence-electron chi connectivity index (χ0n) is 11.9. The number of rotatable bonds is 6. The molecule has 3 rings (SSSR count). The van der Waals surface area contributed by atoms with Gasteiger partial charge in [0.1, 0.15) is 0 Å². The first-order valence-electron chi connectivity index (χ1n) is 7.12. The summed E-state index contributed by atoms with van der Waals surface area (Å²) in [6.45, 7) is 4.13. The molecule has 0 aliphatic heterocycles. The van der Waals surface area contributed by atoms with E-state index in [2.05, 4.69) is 40.0 Å². The highest BCUT2D eigenvalue weighted by Gasteiger charge is 2.07. The second-order valence-electron chi connectivity index (χ2n) is 5.10. The normalized spacial score (nSPS) is 12.9. The van der Waals surface area contributed by atoms with Crippen molar-refractivity contribution in [1.82, 2.24) is 14.9 Å². The smallest absolute Gasteiger partial charge is 0.0958 e. The van der Waals surface area contributed by atoms with E-state index < -0.39 is 0 Å². The molecule has 2 aromatic heterocycles. The zero-order valence-corrected chi connectivity index (χ0v) is 13.5. The van der Waals surface area contributed by atoms with Gasteiger partial charge in [-0.2, -0.15) is 0 Å². The van der Waals surface area contributed by atoms with E-state index >= 15 is 0 Å². The Labute approximate surface area is 133 Å². The van der Waals surface area contributed by atoms with Gasteiger partial charge < -0.3 is 9.88 Å². The summed E-state index contributed by atoms with van der Waals surface area (Å²) < 4.78 is 3.06. The molecule has 0 aliphatic rings. The lowest BCUT2D eigenvalue weighted by molar-refractivity contribution is 0.535. The van der Waals surface area contributed by atoms with Crippen molar-refractivity contribution in [2.75, 3.05) is 6.54 Å². The molecule has 110 valence electrons. The van der Waals surface area contributed by atoms with Crippen molar-refractivity contribution >= 4 is 34.0 Å². The number of para-hydroxylation sites is 2. The van der Waals surface area contributed by atoms with E-state index in [4.69, 9.17) is 11.6 Å². The standard InChI is InChI=1S/C16H18ClN3S/c1-12(15-7-8-16(17)21-15)18-9-4-10-20-11-19-13-5-2-3-6-14(13)20/h2-3,5-8,11-12,18H,4,9-10H2,1H3. The Morgan fingerprint density at radius 1 is 1.29 bits per heavy atom. The van der Waals surface area contributed by atoms with Crippen molar-refractivity contribution in [3.63, 3.8) is 0 Å². The number of hydrogen-bond acceptors (Lipinski definition) is 3. The molecule has 0 radical (unpaired) electrons. The summed E-state index contributed by atoms with van der Waals surface area (Å²) in [5.41, 5.74) is 2.27. The molecule has 3 nitrogen and oxygen atoms in total. The maximum atomic E-state index is 5.97. The second-order valence-corrected chi connectivity index (χ2v) is 6.84. The Balaban J connectivity index is 1.50. The molecular formula is C16H18ClN3S. The van der Waals surface area contributed by atoms with E-state index in [1.54, 1.807) is 11.3 Å². The monoisotopic (exact) mass is 319 g/mol. The molecule has 3 aromatic rings. The third-order valence-corrected chi connectivity index (χ3v) is 4.99. The summed E-state index contributed by atoms with van der Waals surface area (Å²) in [5.74, 6) is 0. The van der Waals surface area contributed by atoms with Gasteiger partial charge in [0, 0.05) is 17.5 Å². The number of nitrogens with zero attached hydrogens (tertiary/aromatic N) is 2. The number of hydrogen-bond donors (Lipinski definition) is 1. The fourth-order valence-corrected chi connectivity index (χ4v) is 3.51. The molecule has 2 heterocycles. The first-order valence-corrected chi connectivity index (χ1v) is 8.32. The van der Waals surface area contributed by atoms with Crippen LogP contribution in [0.4, 0.5) is 0 Å². The average Bonchev–Trinajstić information content (AvgIpc) is 3.10. The largest absolute Gasteiger partial charge is 0.331 e. The number of imidazole rings is 1. The van der Waals surface area contributed by atoms with E-state index in [1.807, 2.05) is 24.5 Å². The van der Waals surface area contributed by atoms with Crippen LogP contribution >= 0.6 is 22.9 Å². The third kappa shape index (κ3) is 3.46. The van der Waals surface area contributed by atoms with E-state index in [1.165, 1.54) is 10.4 Å². The Kier molecular flexibility index (Phi) is 4.58. The van der Waals surface area contributed by atoms with Crippen LogP contribution in [0.5, 0.6) is 0 Å². The third-order valence-electron chi connectivity index (χ3n) is 3.57. The summed E-state index contributed by atoms with van der Waals surface area (Å²) in [4.78, 5) is 5.70. The van der Waals surface area contributed by atoms with Gasteiger partial charge in [-0.1, -0.05) is 23.7 Å². The maximum absolute atomic E-state index is 5.97. The highest BCUT2D eigenvalue weighted by Crippen LogP contribution is 2.26. The predicted molar refractivity (Wildman–Crippen MR) is 90.1 cm³/mol. The van der Waals surface area contributed by atoms with E-state index in [-0.39, 0.29) is 0 Å². The topological polar surface area (TPSA) is 29.9 Å². The van der Waals surface area contributed by atoms with Gasteiger partial charge in [-0.3, -0.25) is 0 Å². The highest BCUT2D eigenvalue weighted by molar-refractivity contribution is 7.16. The van der Waals surface area contributed by atoms with Gasteiger partial charge in [0.25, 0.3) is 0 Å². The van der Waals surface area contributed by atoms with Gasteiger partial charge in [-0.25, -0.2) is 4.98 Å². The molecule has 1 unspecified atom stereocenters. The van der Waals surface area contributed by atoms with Gasteiger partial charge in [0.15, 0.2) is 0 Å². The lowest BCUT2D eigenvalue weighted by Gasteiger charge is -2.12. The van der Waals surface area contributed by atoms with Crippen molar-refractivity contribution in [1.29, 1.82) is 0 Å². The number of thiophene rings is 1. The zero-order chi connectivity index (χ0) is 14.7. The molecule has 5 heteroatoms. The Morgan fingerprint density at radius 3 is 2.95 bits per heavy atom. The highest BCUT2D eigenvalue weighted by atomic mass is 35.5. The first-order chi connectivity index (χ1) is 10.2. The number of nitrogens with one attached hydrogen (secondary N) is 1. The Bertz CT molecular complexity index is 719. The van der Waals surface area contributed by atoms with Crippen LogP contribution in [0, 0.1) is 0 Å². The molecule has 1 atom stereocenters. The number of fused-ring (bicyclic) bond motifs is 1. The summed E-state index contributed by atoms with van der Waals surface area (Å²) in [6, 6.07) is 12.6. The molecule has 0 bridgehead atoms. The molecule has 0 aliphatic carbocycles. The lowest BCUT2D eigenvalue weighted by atomic mass is 10.2. The van der Waals surface area contributed by atoms with Crippen molar-refractivity contribution in [3.05, 3.63) is 51.9 Å². The number of aromatic nitrogens is 2. The van der Waals surface area contributed by atoms with E-state index in [0.717, 1.165) is 29.4 Å². The fraction of sp³-hybridized carbons (Fsp3) is 0.312. The predicted octanol–water partition coefficient (Wildman–Crippen LogP) is 4.49. The molecule has 21 heavy (non-hydrogen) atoms. The number of aryl methyl sites for hydroxylation is 1. The molecule has 0 fully saturated rings. The van der Waals surface area contributed by atoms with Crippen LogP contribution in [-0.4, -0.2) is 16.1 Å². The van der Waals surface area contributed by atoms with Crippen LogP contribution in [0.3, 0.4) is 0 Å². The van der Waals surface area contributed by atoms with Crippen LogP contribution in [0.1, 0.15) is 24.3 Å². The van der Waals surface area contributed by atoms with Crippen LogP contribution in [0.15, 0.2) is 42.7 Å². The number of halogens is 1. The SMILES string of the molecule is CC(NCCCn1cnc2ccccc21)c1ccc(Cl)s1. The minimum Gasteiger partial charge on any atom is -0.331 e. The molecule has 0 saturated carbocycles. The quantitative estimate of drug-likeness (QED) is 0.678. The van der Waals surface area contributed by atoms with Gasteiger partial charge in [0.2, 0.25) is 0 Å². The van der Waals surface area contributed by atoms with Gasteiger partial charge >= 0.3 is 0 Å². The first kappa shape index (κ1) is 14.6. The van der Waals surface area contributed by atoms with Crippen LogP contribution < -0.4 is 5.32 Å². The molecule has 0 spiro atoms. The number of benzene rings is 1. The van der Waals surface area contributed by atoms with Crippen molar-refractivity contribution < 1.29 is 0 Å². The maximum Gasteiger partial charge on any atom is 0.0958 e. The van der Waals surface area contributed by atoms with E-state index in [0.29, 0.717) is 6.04 Å². The van der Waals surface area contributed by atoms with Crippen molar-refractivity contribution in [2.45, 2.75) is 25.9 Å². The molecule has 0 amide bonds. The second kappa shape index (κ2) is 6.60. The van der Waals surface area contributed by atoms with E-state index in [9.17, 15) is 0 Å². The van der Waals surface area contributed by atoms with Crippen LogP contribution in [0.2, 0.25) is 4.34 Å². The summed E-state index contributed by atoms with van der Waals surface area (Å²) >= 11 is 7.61. The summed E-state index contributed by atoms with van der Waals surface area (Å²) in [6.07, 6.45) is 3.00. The molecular weight excluding hydrogens is 302 g/mol. The van der Waals surface area contributed by atoms with Crippen molar-refractivity contribution in [3.8, 4) is 0 Å². The summed E-state index contributed by atoms with van der Waals surface area (Å²) in [5, 5.41) is 3.54. The van der Waals surface area contributed by atoms with Crippen LogP contribution in [0.25, 0.3) is 11.0 Å². The minimum absolute atomic E-state index is 0.349. The molecule has 1 N–H and O–H groups in total. The summed E-state index contributed by atoms with van der Waals surface area (Å²) in [7, 11) is 0. The Morgan fingerprint density at radius 2 is 2.14 bits per heavy atom. The average molecular weight is 320 g/mol. The van der Waals surface area contributed by atoms with Crippen LogP contribution in [-0.2, 0) is 6.54 Å². The van der Waals surface area contributed by atoms with Crippen molar-refractivity contribution in [2.24, 2.45) is 0 Å². The molecule has 0 saturated heterocycles. The van der Waals surface area contributed by atoms with Gasteiger partial charge in [-0.05, 0) is 44.2 Å². The molecule has 1 aromatic carbocycles. The minimum atomic E-state index is 0.349. The fourth-order valence-electron chi connectivity index (χ4n) is 2.42.